The van der Waals surface area contributed by atoms with Crippen molar-refractivity contribution in [1.82, 2.24) is 4.98 Å². The van der Waals surface area contributed by atoms with Crippen LogP contribution in [0.4, 0.5) is 33.5 Å². The maximum Gasteiger partial charge on any atom is 0.200 e. The molecule has 108 valence electrons. The van der Waals surface area contributed by atoms with Crippen LogP contribution in [0.1, 0.15) is 11.3 Å². The zero-order valence-electron chi connectivity index (χ0n) is 10.4. The van der Waals surface area contributed by atoms with Gasteiger partial charge in [-0.2, -0.15) is 5.26 Å². The van der Waals surface area contributed by atoms with Gasteiger partial charge in [-0.15, -0.1) is 0 Å². The van der Waals surface area contributed by atoms with Gasteiger partial charge in [0, 0.05) is 5.69 Å². The number of hydrogen-bond acceptors (Lipinski definition) is 3. The molecule has 0 spiro atoms. The van der Waals surface area contributed by atoms with Gasteiger partial charge >= 0.3 is 0 Å². The largest absolute Gasteiger partial charge is 0.334 e. The summed E-state index contributed by atoms with van der Waals surface area (Å²) in [6.45, 7) is 1.53. The molecule has 0 bridgehead atoms. The fourth-order valence-corrected chi connectivity index (χ4v) is 1.58. The molecule has 21 heavy (non-hydrogen) atoms. The highest BCUT2D eigenvalue weighted by Gasteiger charge is 2.26. The summed E-state index contributed by atoms with van der Waals surface area (Å²) in [6.07, 6.45) is 0. The molecular weight excluding hydrogens is 293 g/mol. The standard InChI is InChI=1S/C13H6F5N3/c1-5-2-3-6(4-19)13(20-5)21-12-10(17)8(15)7(14)9(16)11(12)18/h2-3H,1H3,(H,20,21). The highest BCUT2D eigenvalue weighted by Crippen LogP contribution is 2.30. The van der Waals surface area contributed by atoms with Crippen molar-refractivity contribution >= 4 is 11.5 Å². The molecule has 0 amide bonds. The second-order valence-corrected chi connectivity index (χ2v) is 4.03. The van der Waals surface area contributed by atoms with Gasteiger partial charge in [-0.3, -0.25) is 0 Å². The minimum atomic E-state index is -2.26. The van der Waals surface area contributed by atoms with E-state index in [0.717, 1.165) is 0 Å². The molecular formula is C13H6F5N3. The lowest BCUT2D eigenvalue weighted by atomic mass is 10.2. The molecule has 1 heterocycles. The molecule has 2 rings (SSSR count). The number of nitrogens with zero attached hydrogens (tertiary/aromatic N) is 2. The summed E-state index contributed by atoms with van der Waals surface area (Å²) in [6, 6.07) is 4.45. The zero-order chi connectivity index (χ0) is 15.7. The molecule has 1 aromatic heterocycles. The van der Waals surface area contributed by atoms with Crippen LogP contribution in [0.5, 0.6) is 0 Å². The van der Waals surface area contributed by atoms with Gasteiger partial charge in [0.1, 0.15) is 17.6 Å². The van der Waals surface area contributed by atoms with E-state index < -0.39 is 34.8 Å². The van der Waals surface area contributed by atoms with E-state index >= 15 is 0 Å². The van der Waals surface area contributed by atoms with Crippen LogP contribution in [0.15, 0.2) is 12.1 Å². The second-order valence-electron chi connectivity index (χ2n) is 4.03. The third-order valence-corrected chi connectivity index (χ3v) is 2.61. The summed E-state index contributed by atoms with van der Waals surface area (Å²) in [5.74, 6) is -10.8. The van der Waals surface area contributed by atoms with E-state index in [1.54, 1.807) is 6.07 Å². The van der Waals surface area contributed by atoms with Crippen LogP contribution in [0.2, 0.25) is 0 Å². The van der Waals surface area contributed by atoms with E-state index in [9.17, 15) is 22.0 Å². The quantitative estimate of drug-likeness (QED) is 0.522. The number of aryl methyl sites for hydroxylation is 1. The molecule has 8 heteroatoms. The first kappa shape index (κ1) is 14.7. The number of pyridine rings is 1. The van der Waals surface area contributed by atoms with Gasteiger partial charge in [0.25, 0.3) is 0 Å². The second kappa shape index (κ2) is 5.36. The maximum absolute atomic E-state index is 13.5. The topological polar surface area (TPSA) is 48.7 Å². The van der Waals surface area contributed by atoms with Crippen LogP contribution in [-0.4, -0.2) is 4.98 Å². The molecule has 0 saturated heterocycles. The van der Waals surface area contributed by atoms with E-state index in [1.165, 1.54) is 19.1 Å². The van der Waals surface area contributed by atoms with E-state index in [1.807, 2.05) is 5.32 Å². The molecule has 0 radical (unpaired) electrons. The number of rotatable bonds is 2. The van der Waals surface area contributed by atoms with Gasteiger partial charge in [-0.25, -0.2) is 26.9 Å². The minimum absolute atomic E-state index is 0.107. The Morgan fingerprint density at radius 2 is 1.48 bits per heavy atom. The number of halogens is 5. The SMILES string of the molecule is Cc1ccc(C#N)c(Nc2c(F)c(F)c(F)c(F)c2F)n1. The first-order valence-corrected chi connectivity index (χ1v) is 5.53. The van der Waals surface area contributed by atoms with Crippen LogP contribution in [0.3, 0.4) is 0 Å². The molecule has 0 fully saturated rings. The van der Waals surface area contributed by atoms with Crippen LogP contribution in [0, 0.1) is 47.3 Å². The Labute approximate surface area is 115 Å². The molecule has 0 saturated carbocycles. The van der Waals surface area contributed by atoms with Crippen LogP contribution < -0.4 is 5.32 Å². The van der Waals surface area contributed by atoms with Crippen molar-refractivity contribution in [2.75, 3.05) is 5.32 Å². The van der Waals surface area contributed by atoms with E-state index in [0.29, 0.717) is 5.69 Å². The van der Waals surface area contributed by atoms with Crippen LogP contribution in [-0.2, 0) is 0 Å². The number of aromatic nitrogens is 1. The van der Waals surface area contributed by atoms with Gasteiger partial charge in [0.15, 0.2) is 23.3 Å². The van der Waals surface area contributed by atoms with E-state index in [-0.39, 0.29) is 11.4 Å². The third-order valence-electron chi connectivity index (χ3n) is 2.61. The first-order valence-electron chi connectivity index (χ1n) is 5.53. The van der Waals surface area contributed by atoms with E-state index in [2.05, 4.69) is 4.98 Å². The maximum atomic E-state index is 13.5. The Morgan fingerprint density at radius 1 is 0.952 bits per heavy atom. The van der Waals surface area contributed by atoms with Crippen molar-refractivity contribution in [3.8, 4) is 6.07 Å². The predicted molar refractivity (Wildman–Crippen MR) is 63.2 cm³/mol. The molecule has 2 aromatic rings. The summed E-state index contributed by atoms with van der Waals surface area (Å²) in [4.78, 5) is 3.80. The Morgan fingerprint density at radius 3 is 2.00 bits per heavy atom. The van der Waals surface area contributed by atoms with Gasteiger partial charge in [0.05, 0.1) is 5.56 Å². The summed E-state index contributed by atoms with van der Waals surface area (Å²) in [5.41, 5.74) is -0.981. The lowest BCUT2D eigenvalue weighted by Gasteiger charge is -2.11. The van der Waals surface area contributed by atoms with Crippen molar-refractivity contribution in [2.45, 2.75) is 6.92 Å². The number of benzene rings is 1. The average molecular weight is 299 g/mol. The highest BCUT2D eigenvalue weighted by molar-refractivity contribution is 5.64. The van der Waals surface area contributed by atoms with Crippen molar-refractivity contribution in [2.24, 2.45) is 0 Å². The molecule has 0 aliphatic carbocycles. The summed E-state index contributed by atoms with van der Waals surface area (Å²) in [7, 11) is 0. The molecule has 1 N–H and O–H groups in total. The molecule has 0 unspecified atom stereocenters. The molecule has 0 atom stereocenters. The number of hydrogen-bond donors (Lipinski definition) is 1. The summed E-state index contributed by atoms with van der Waals surface area (Å²) >= 11 is 0. The monoisotopic (exact) mass is 299 g/mol. The third kappa shape index (κ3) is 2.50. The minimum Gasteiger partial charge on any atom is -0.334 e. The Hall–Kier alpha value is -2.69. The van der Waals surface area contributed by atoms with Gasteiger partial charge in [-0.05, 0) is 19.1 Å². The molecule has 3 nitrogen and oxygen atoms in total. The first-order chi connectivity index (χ1) is 9.86. The summed E-state index contributed by atoms with van der Waals surface area (Å²) in [5, 5.41) is 10.8. The highest BCUT2D eigenvalue weighted by atomic mass is 19.2. The lowest BCUT2D eigenvalue weighted by Crippen LogP contribution is -2.08. The van der Waals surface area contributed by atoms with E-state index in [4.69, 9.17) is 5.26 Å². The Balaban J connectivity index is 2.61. The van der Waals surface area contributed by atoms with Gasteiger partial charge < -0.3 is 5.32 Å². The Bertz CT molecular complexity index is 738. The number of anilines is 2. The van der Waals surface area contributed by atoms with Gasteiger partial charge in [0.2, 0.25) is 5.82 Å². The fourth-order valence-electron chi connectivity index (χ4n) is 1.58. The molecule has 0 aliphatic heterocycles. The zero-order valence-corrected chi connectivity index (χ0v) is 10.4. The summed E-state index contributed by atoms with van der Waals surface area (Å²) < 4.78 is 66.1. The number of nitriles is 1. The van der Waals surface area contributed by atoms with Crippen LogP contribution in [0.25, 0.3) is 0 Å². The van der Waals surface area contributed by atoms with Crippen LogP contribution >= 0.6 is 0 Å². The van der Waals surface area contributed by atoms with Crippen molar-refractivity contribution in [3.05, 3.63) is 52.5 Å². The van der Waals surface area contributed by atoms with Crippen molar-refractivity contribution in [1.29, 1.82) is 5.26 Å². The molecule has 0 aliphatic rings. The normalized spacial score (nSPS) is 10.3. The van der Waals surface area contributed by atoms with Crippen molar-refractivity contribution < 1.29 is 22.0 Å². The van der Waals surface area contributed by atoms with Crippen molar-refractivity contribution in [3.63, 3.8) is 0 Å². The van der Waals surface area contributed by atoms with Gasteiger partial charge in [-0.1, -0.05) is 0 Å². The molecule has 1 aromatic carbocycles. The fraction of sp³-hybridized carbons (Fsp3) is 0.0769. The number of nitrogens with one attached hydrogen (secondary N) is 1. The predicted octanol–water partition coefficient (Wildman–Crippen LogP) is 3.70. The lowest BCUT2D eigenvalue weighted by molar-refractivity contribution is 0.382. The smallest absolute Gasteiger partial charge is 0.200 e. The Kier molecular flexibility index (Phi) is 3.76. The average Bonchev–Trinajstić information content (AvgIpc) is 2.48.